The molecule has 2 heterocycles. The van der Waals surface area contributed by atoms with Gasteiger partial charge in [-0.1, -0.05) is 18.7 Å². The first-order valence-electron chi connectivity index (χ1n) is 12.5. The van der Waals surface area contributed by atoms with Crippen LogP contribution in [0.5, 0.6) is 17.2 Å². The minimum Gasteiger partial charge on any atom is -0.507 e. The van der Waals surface area contributed by atoms with Gasteiger partial charge in [0.1, 0.15) is 24.2 Å². The van der Waals surface area contributed by atoms with Crippen LogP contribution in [0.2, 0.25) is 0 Å². The van der Waals surface area contributed by atoms with Crippen LogP contribution in [0.1, 0.15) is 43.0 Å². The van der Waals surface area contributed by atoms with Gasteiger partial charge in [0.15, 0.2) is 11.5 Å². The monoisotopic (exact) mass is 507 g/mol. The average Bonchev–Trinajstić information content (AvgIpc) is 3.38. The topological polar surface area (TPSA) is 94.5 Å². The van der Waals surface area contributed by atoms with Crippen molar-refractivity contribution in [3.8, 4) is 17.2 Å². The van der Waals surface area contributed by atoms with Crippen LogP contribution >= 0.6 is 0 Å². The van der Waals surface area contributed by atoms with Crippen molar-refractivity contribution in [1.82, 2.24) is 4.90 Å². The molecule has 2 aliphatic rings. The first kappa shape index (κ1) is 26.3. The molecule has 0 unspecified atom stereocenters. The maximum absolute atomic E-state index is 13.3. The molecule has 4 rings (SSSR count). The van der Waals surface area contributed by atoms with Gasteiger partial charge in [0, 0.05) is 32.2 Å². The van der Waals surface area contributed by atoms with E-state index in [1.165, 1.54) is 4.90 Å². The number of methoxy groups -OCH3 is 1. The van der Waals surface area contributed by atoms with E-state index in [4.69, 9.17) is 18.9 Å². The van der Waals surface area contributed by atoms with Crippen LogP contribution < -0.4 is 14.2 Å². The highest BCUT2D eigenvalue weighted by molar-refractivity contribution is 6.46. The SMILES string of the molecule is C=CCOc1ccc([C@@H]2C(=C(O)c3ccc4c(c3)C[C@@H](C)O4)C(=O)C(=O)N2CCCOC)cc1OCC. The molecule has 1 fully saturated rings. The minimum atomic E-state index is -0.798. The number of hydrogen-bond donors (Lipinski definition) is 1. The lowest BCUT2D eigenvalue weighted by Gasteiger charge is -2.26. The number of aliphatic hydroxyl groups is 1. The van der Waals surface area contributed by atoms with Crippen molar-refractivity contribution in [2.45, 2.75) is 38.8 Å². The van der Waals surface area contributed by atoms with E-state index in [0.717, 1.165) is 11.3 Å². The maximum Gasteiger partial charge on any atom is 0.295 e. The third-order valence-corrected chi connectivity index (χ3v) is 6.40. The molecule has 0 aliphatic carbocycles. The van der Waals surface area contributed by atoms with Crippen molar-refractivity contribution in [3.63, 3.8) is 0 Å². The number of aliphatic hydroxyl groups excluding tert-OH is 1. The van der Waals surface area contributed by atoms with Gasteiger partial charge in [0.25, 0.3) is 11.7 Å². The minimum absolute atomic E-state index is 0.0385. The first-order chi connectivity index (χ1) is 17.9. The average molecular weight is 508 g/mol. The van der Waals surface area contributed by atoms with Crippen LogP contribution in [-0.2, 0) is 20.7 Å². The van der Waals surface area contributed by atoms with E-state index in [1.54, 1.807) is 43.5 Å². The normalized spacial score (nSPS) is 20.0. The third-order valence-electron chi connectivity index (χ3n) is 6.40. The van der Waals surface area contributed by atoms with E-state index in [9.17, 15) is 14.7 Å². The van der Waals surface area contributed by atoms with Crippen molar-refractivity contribution >= 4 is 17.4 Å². The Balaban J connectivity index is 1.81. The molecular formula is C29H33NO7. The van der Waals surface area contributed by atoms with Gasteiger partial charge in [-0.2, -0.15) is 0 Å². The molecule has 2 aromatic carbocycles. The lowest BCUT2D eigenvalue weighted by atomic mass is 9.94. The van der Waals surface area contributed by atoms with Crippen LogP contribution in [0.4, 0.5) is 0 Å². The fourth-order valence-electron chi connectivity index (χ4n) is 4.79. The Labute approximate surface area is 217 Å². The molecular weight excluding hydrogens is 474 g/mol. The van der Waals surface area contributed by atoms with Gasteiger partial charge in [-0.25, -0.2) is 0 Å². The molecule has 0 aromatic heterocycles. The van der Waals surface area contributed by atoms with Crippen molar-refractivity contribution in [1.29, 1.82) is 0 Å². The number of benzene rings is 2. The van der Waals surface area contributed by atoms with Crippen LogP contribution in [0.15, 0.2) is 54.6 Å². The summed E-state index contributed by atoms with van der Waals surface area (Å²) < 4.78 is 22.5. The van der Waals surface area contributed by atoms with Gasteiger partial charge in [-0.3, -0.25) is 9.59 Å². The van der Waals surface area contributed by atoms with E-state index in [2.05, 4.69) is 6.58 Å². The Morgan fingerprint density at radius 3 is 2.73 bits per heavy atom. The molecule has 8 heteroatoms. The summed E-state index contributed by atoms with van der Waals surface area (Å²) in [5.41, 5.74) is 2.08. The number of rotatable bonds is 11. The number of ether oxygens (including phenoxy) is 4. The Kier molecular flexibility index (Phi) is 8.18. The molecule has 0 spiro atoms. The molecule has 37 heavy (non-hydrogen) atoms. The number of fused-ring (bicyclic) bond motifs is 1. The molecule has 2 aliphatic heterocycles. The molecule has 0 bridgehead atoms. The smallest absolute Gasteiger partial charge is 0.295 e. The number of ketones is 1. The van der Waals surface area contributed by atoms with Gasteiger partial charge in [-0.15, -0.1) is 0 Å². The number of nitrogens with zero attached hydrogens (tertiary/aromatic N) is 1. The van der Waals surface area contributed by atoms with E-state index < -0.39 is 17.7 Å². The fraction of sp³-hybridized carbons (Fsp3) is 0.379. The Morgan fingerprint density at radius 1 is 1.19 bits per heavy atom. The molecule has 0 radical (unpaired) electrons. The predicted octanol–water partition coefficient (Wildman–Crippen LogP) is 4.43. The summed E-state index contributed by atoms with van der Waals surface area (Å²) in [6.45, 7) is 8.93. The second kappa shape index (κ2) is 11.5. The summed E-state index contributed by atoms with van der Waals surface area (Å²) in [5.74, 6) is 0.158. The van der Waals surface area contributed by atoms with E-state index in [0.29, 0.717) is 55.3 Å². The van der Waals surface area contributed by atoms with Crippen molar-refractivity contribution in [2.75, 3.05) is 33.5 Å². The third kappa shape index (κ3) is 5.34. The summed E-state index contributed by atoms with van der Waals surface area (Å²) in [6.07, 6.45) is 2.91. The summed E-state index contributed by atoms with van der Waals surface area (Å²) in [7, 11) is 1.58. The number of hydrogen-bond acceptors (Lipinski definition) is 7. The lowest BCUT2D eigenvalue weighted by molar-refractivity contribution is -0.140. The number of amides is 1. The molecule has 1 N–H and O–H groups in total. The van der Waals surface area contributed by atoms with Crippen LogP contribution in [0.25, 0.3) is 5.76 Å². The van der Waals surface area contributed by atoms with Crippen molar-refractivity contribution in [3.05, 3.63) is 71.3 Å². The maximum atomic E-state index is 13.3. The molecule has 2 aromatic rings. The zero-order chi connectivity index (χ0) is 26.5. The van der Waals surface area contributed by atoms with Gasteiger partial charge in [0.05, 0.1) is 18.2 Å². The highest BCUT2D eigenvalue weighted by Gasteiger charge is 2.46. The predicted molar refractivity (Wildman–Crippen MR) is 139 cm³/mol. The first-order valence-corrected chi connectivity index (χ1v) is 12.5. The van der Waals surface area contributed by atoms with Gasteiger partial charge >= 0.3 is 0 Å². The summed E-state index contributed by atoms with van der Waals surface area (Å²) in [4.78, 5) is 28.0. The Hall–Kier alpha value is -3.78. The van der Waals surface area contributed by atoms with Crippen LogP contribution in [0, 0.1) is 0 Å². The molecule has 8 nitrogen and oxygen atoms in total. The largest absolute Gasteiger partial charge is 0.507 e. The summed E-state index contributed by atoms with van der Waals surface area (Å²) in [5, 5.41) is 11.4. The van der Waals surface area contributed by atoms with Gasteiger partial charge in [0.2, 0.25) is 0 Å². The Morgan fingerprint density at radius 2 is 2.00 bits per heavy atom. The summed E-state index contributed by atoms with van der Waals surface area (Å²) in [6, 6.07) is 9.80. The Bertz CT molecular complexity index is 1220. The quantitative estimate of drug-likeness (QED) is 0.158. The van der Waals surface area contributed by atoms with E-state index in [1.807, 2.05) is 19.9 Å². The van der Waals surface area contributed by atoms with E-state index >= 15 is 0 Å². The second-order valence-corrected chi connectivity index (χ2v) is 9.03. The van der Waals surface area contributed by atoms with E-state index in [-0.39, 0.29) is 24.0 Å². The molecule has 196 valence electrons. The summed E-state index contributed by atoms with van der Waals surface area (Å²) >= 11 is 0. The standard InChI is InChI=1S/C29H33NO7/c1-5-13-36-23-11-8-19(17-24(23)35-6-2)26-25(28(32)29(33)30(26)12-7-14-34-4)27(31)20-9-10-22-21(16-20)15-18(3)37-22/h5,8-11,16-18,26,31H,1,6-7,12-15H2,2-4H3/t18-,26-/m1/s1. The molecule has 2 atom stereocenters. The van der Waals surface area contributed by atoms with Crippen LogP contribution in [-0.4, -0.2) is 61.3 Å². The van der Waals surface area contributed by atoms with Gasteiger partial charge in [-0.05, 0) is 61.7 Å². The number of Topliss-reactive ketones (excluding diaryl/α,β-unsaturated/α-hetero) is 1. The zero-order valence-corrected chi connectivity index (χ0v) is 21.5. The number of likely N-dealkylation sites (tertiary alicyclic amines) is 1. The second-order valence-electron chi connectivity index (χ2n) is 9.03. The number of carbonyl (C=O) groups is 2. The number of carbonyl (C=O) groups excluding carboxylic acids is 2. The molecule has 1 saturated heterocycles. The highest BCUT2D eigenvalue weighted by atomic mass is 16.5. The van der Waals surface area contributed by atoms with Crippen molar-refractivity contribution in [2.24, 2.45) is 0 Å². The van der Waals surface area contributed by atoms with Crippen LogP contribution in [0.3, 0.4) is 0 Å². The van der Waals surface area contributed by atoms with Gasteiger partial charge < -0.3 is 29.0 Å². The molecule has 1 amide bonds. The van der Waals surface area contributed by atoms with Crippen molar-refractivity contribution < 1.29 is 33.6 Å². The highest BCUT2D eigenvalue weighted by Crippen LogP contribution is 2.43. The lowest BCUT2D eigenvalue weighted by Crippen LogP contribution is -2.31. The fourth-order valence-corrected chi connectivity index (χ4v) is 4.79. The zero-order valence-electron chi connectivity index (χ0n) is 21.5. The molecule has 0 saturated carbocycles.